The molecule has 0 aliphatic carbocycles. The van der Waals surface area contributed by atoms with Crippen molar-refractivity contribution in [2.75, 3.05) is 0 Å². The second-order valence-electron chi connectivity index (χ2n) is 7.58. The molecule has 2 N–H and O–H groups in total. The Bertz CT molecular complexity index is 1370. The van der Waals surface area contributed by atoms with Gasteiger partial charge in [-0.15, -0.1) is 0 Å². The van der Waals surface area contributed by atoms with Crippen LogP contribution in [-0.2, 0) is 11.8 Å². The largest absolute Gasteiger partial charge is 0.346 e. The standard InChI is InChI=1S/C24H21FN6O/c1-14-21(19-11-29-31(3)13-19)12-28-23-22(14)18(10-27-23)8-17(9-26)24(32)30-15(2)16-4-6-20(25)7-5-16/h4-8,10-13,15H,1-3H3,(H,27,28)(H,30,32)/b17-8+/t15-/m1/s1. The van der Waals surface area contributed by atoms with Crippen molar-refractivity contribution in [2.45, 2.75) is 19.9 Å². The fraction of sp³-hybridized carbons (Fsp3) is 0.167. The van der Waals surface area contributed by atoms with E-state index in [4.69, 9.17) is 0 Å². The van der Waals surface area contributed by atoms with Gasteiger partial charge in [-0.3, -0.25) is 9.48 Å². The second kappa shape index (κ2) is 8.47. The van der Waals surface area contributed by atoms with Crippen LogP contribution in [0.1, 0.15) is 29.7 Å². The number of aromatic amines is 1. The van der Waals surface area contributed by atoms with Gasteiger partial charge in [-0.25, -0.2) is 9.37 Å². The number of benzene rings is 1. The maximum absolute atomic E-state index is 13.2. The van der Waals surface area contributed by atoms with E-state index in [-0.39, 0.29) is 17.4 Å². The Morgan fingerprint density at radius 1 is 1.31 bits per heavy atom. The van der Waals surface area contributed by atoms with Crippen LogP contribution in [0.5, 0.6) is 0 Å². The SMILES string of the molecule is Cc1c(-c2cnn(C)c2)cnc2[nH]cc(/C=C(\C#N)C(=O)N[C@H](C)c3ccc(F)cc3)c12. The van der Waals surface area contributed by atoms with Crippen molar-refractivity contribution in [3.8, 4) is 17.2 Å². The highest BCUT2D eigenvalue weighted by Gasteiger charge is 2.17. The average Bonchev–Trinajstić information content (AvgIpc) is 3.39. The Kier molecular flexibility index (Phi) is 5.56. The lowest BCUT2D eigenvalue weighted by Gasteiger charge is -2.14. The van der Waals surface area contributed by atoms with Crippen molar-refractivity contribution in [2.24, 2.45) is 7.05 Å². The number of hydrogen-bond donors (Lipinski definition) is 2. The summed E-state index contributed by atoms with van der Waals surface area (Å²) >= 11 is 0. The molecule has 0 radical (unpaired) electrons. The van der Waals surface area contributed by atoms with Crippen LogP contribution in [0.4, 0.5) is 4.39 Å². The predicted molar refractivity (Wildman–Crippen MR) is 120 cm³/mol. The summed E-state index contributed by atoms with van der Waals surface area (Å²) in [5, 5.41) is 17.5. The van der Waals surface area contributed by atoms with Gasteiger partial charge in [0.05, 0.1) is 12.2 Å². The lowest BCUT2D eigenvalue weighted by atomic mass is 10.0. The van der Waals surface area contributed by atoms with E-state index < -0.39 is 5.91 Å². The summed E-state index contributed by atoms with van der Waals surface area (Å²) in [5.41, 5.74) is 4.88. The maximum atomic E-state index is 13.2. The third-order valence-electron chi connectivity index (χ3n) is 5.39. The Labute approximate surface area is 184 Å². The Morgan fingerprint density at radius 3 is 2.72 bits per heavy atom. The first-order valence-corrected chi connectivity index (χ1v) is 10.0. The minimum absolute atomic E-state index is 0.0361. The van der Waals surface area contributed by atoms with Gasteiger partial charge < -0.3 is 10.3 Å². The van der Waals surface area contributed by atoms with Gasteiger partial charge in [-0.1, -0.05) is 12.1 Å². The number of nitrogens with zero attached hydrogens (tertiary/aromatic N) is 4. The molecular weight excluding hydrogens is 407 g/mol. The third-order valence-corrected chi connectivity index (χ3v) is 5.39. The molecule has 0 saturated heterocycles. The zero-order chi connectivity index (χ0) is 22.8. The first kappa shape index (κ1) is 21.0. The van der Waals surface area contributed by atoms with Crippen molar-refractivity contribution in [3.05, 3.63) is 77.1 Å². The Hall–Kier alpha value is -4.25. The lowest BCUT2D eigenvalue weighted by molar-refractivity contribution is -0.117. The van der Waals surface area contributed by atoms with Crippen LogP contribution in [0.3, 0.4) is 0 Å². The van der Waals surface area contributed by atoms with Gasteiger partial charge in [-0.05, 0) is 43.2 Å². The molecule has 0 aliphatic heterocycles. The molecule has 0 spiro atoms. The summed E-state index contributed by atoms with van der Waals surface area (Å²) in [5.74, 6) is -0.855. The van der Waals surface area contributed by atoms with Crippen molar-refractivity contribution >= 4 is 23.0 Å². The maximum Gasteiger partial charge on any atom is 0.262 e. The minimum Gasteiger partial charge on any atom is -0.346 e. The van der Waals surface area contributed by atoms with E-state index in [1.165, 1.54) is 12.1 Å². The molecule has 4 rings (SSSR count). The quantitative estimate of drug-likeness (QED) is 0.368. The molecule has 1 aromatic carbocycles. The molecule has 0 unspecified atom stereocenters. The van der Waals surface area contributed by atoms with Crippen molar-refractivity contribution < 1.29 is 9.18 Å². The van der Waals surface area contributed by atoms with Crippen LogP contribution in [-0.4, -0.2) is 25.7 Å². The van der Waals surface area contributed by atoms with Gasteiger partial charge in [0.1, 0.15) is 23.1 Å². The number of pyridine rings is 1. The van der Waals surface area contributed by atoms with Gasteiger partial charge in [0.2, 0.25) is 0 Å². The first-order chi connectivity index (χ1) is 15.4. The number of aryl methyl sites for hydroxylation is 2. The van der Waals surface area contributed by atoms with Crippen LogP contribution in [0.2, 0.25) is 0 Å². The highest BCUT2D eigenvalue weighted by molar-refractivity contribution is 6.04. The normalized spacial score (nSPS) is 12.5. The summed E-state index contributed by atoms with van der Waals surface area (Å²) in [6, 6.07) is 7.47. The molecule has 3 aromatic heterocycles. The van der Waals surface area contributed by atoms with Crippen LogP contribution in [0, 0.1) is 24.1 Å². The number of rotatable bonds is 5. The van der Waals surface area contributed by atoms with Crippen molar-refractivity contribution in [1.29, 1.82) is 5.26 Å². The molecule has 7 nitrogen and oxygen atoms in total. The summed E-state index contributed by atoms with van der Waals surface area (Å²) < 4.78 is 14.9. The molecular formula is C24H21FN6O. The fourth-order valence-electron chi connectivity index (χ4n) is 3.66. The van der Waals surface area contributed by atoms with E-state index in [1.54, 1.807) is 48.4 Å². The number of hydrogen-bond acceptors (Lipinski definition) is 4. The molecule has 1 amide bonds. The molecule has 1 atom stereocenters. The van der Waals surface area contributed by atoms with E-state index in [9.17, 15) is 14.4 Å². The van der Waals surface area contributed by atoms with E-state index in [0.29, 0.717) is 11.2 Å². The number of aromatic nitrogens is 4. The highest BCUT2D eigenvalue weighted by Crippen LogP contribution is 2.31. The molecule has 3 heterocycles. The van der Waals surface area contributed by atoms with Gasteiger partial charge in [0.15, 0.2) is 0 Å². The first-order valence-electron chi connectivity index (χ1n) is 10.0. The minimum atomic E-state index is -0.507. The fourth-order valence-corrected chi connectivity index (χ4v) is 3.66. The molecule has 0 aliphatic rings. The number of carbonyl (C=O) groups is 1. The number of nitriles is 1. The average molecular weight is 428 g/mol. The lowest BCUT2D eigenvalue weighted by Crippen LogP contribution is -2.27. The Balaban J connectivity index is 1.66. The monoisotopic (exact) mass is 428 g/mol. The number of fused-ring (bicyclic) bond motifs is 1. The molecule has 160 valence electrons. The van der Waals surface area contributed by atoms with E-state index >= 15 is 0 Å². The molecule has 0 fully saturated rings. The Morgan fingerprint density at radius 2 is 2.06 bits per heavy atom. The predicted octanol–water partition coefficient (Wildman–Crippen LogP) is 4.20. The van der Waals surface area contributed by atoms with Crippen LogP contribution < -0.4 is 5.32 Å². The summed E-state index contributed by atoms with van der Waals surface area (Å²) in [6.45, 7) is 3.75. The van der Waals surface area contributed by atoms with Gasteiger partial charge in [-0.2, -0.15) is 10.4 Å². The molecule has 0 bridgehead atoms. The number of nitrogens with one attached hydrogen (secondary N) is 2. The van der Waals surface area contributed by atoms with Gasteiger partial charge in [0.25, 0.3) is 5.91 Å². The molecule has 8 heteroatoms. The number of amides is 1. The second-order valence-corrected chi connectivity index (χ2v) is 7.58. The third kappa shape index (κ3) is 4.01. The molecule has 32 heavy (non-hydrogen) atoms. The van der Waals surface area contributed by atoms with Crippen molar-refractivity contribution in [3.63, 3.8) is 0 Å². The highest BCUT2D eigenvalue weighted by atomic mass is 19.1. The summed E-state index contributed by atoms with van der Waals surface area (Å²) in [4.78, 5) is 20.3. The summed E-state index contributed by atoms with van der Waals surface area (Å²) in [7, 11) is 1.85. The van der Waals surface area contributed by atoms with Crippen LogP contribution in [0.25, 0.3) is 28.2 Å². The van der Waals surface area contributed by atoms with Gasteiger partial charge in [0, 0.05) is 47.7 Å². The van der Waals surface area contributed by atoms with E-state index in [2.05, 4.69) is 20.4 Å². The number of carbonyl (C=O) groups excluding carboxylic acids is 1. The zero-order valence-corrected chi connectivity index (χ0v) is 17.8. The molecule has 4 aromatic rings. The zero-order valence-electron chi connectivity index (χ0n) is 17.8. The number of halogens is 1. The van der Waals surface area contributed by atoms with Crippen LogP contribution >= 0.6 is 0 Å². The topological polar surface area (TPSA) is 99.4 Å². The molecule has 0 saturated carbocycles. The number of H-pyrrole nitrogens is 1. The summed E-state index contributed by atoms with van der Waals surface area (Å²) in [6.07, 6.45) is 8.73. The van der Waals surface area contributed by atoms with Gasteiger partial charge >= 0.3 is 0 Å². The van der Waals surface area contributed by atoms with Crippen LogP contribution in [0.15, 0.2) is 54.6 Å². The van der Waals surface area contributed by atoms with Crippen molar-refractivity contribution in [1.82, 2.24) is 25.1 Å². The smallest absolute Gasteiger partial charge is 0.262 e. The van der Waals surface area contributed by atoms with E-state index in [0.717, 1.165) is 27.6 Å². The van der Waals surface area contributed by atoms with E-state index in [1.807, 2.05) is 26.2 Å².